The second kappa shape index (κ2) is 10.5. The smallest absolute Gasteiger partial charge is 0.241 e. The monoisotopic (exact) mass is 437 g/mol. The molecule has 0 radical (unpaired) electrons. The van der Waals surface area contributed by atoms with Gasteiger partial charge in [-0.05, 0) is 49.6 Å². The fourth-order valence-corrected chi connectivity index (χ4v) is 4.46. The summed E-state index contributed by atoms with van der Waals surface area (Å²) in [7, 11) is -0.846. The largest absolute Gasteiger partial charge is 0.493 e. The van der Waals surface area contributed by atoms with Gasteiger partial charge in [-0.2, -0.15) is 0 Å². The van der Waals surface area contributed by atoms with Crippen LogP contribution in [-0.2, 0) is 10.0 Å². The first-order chi connectivity index (χ1) is 14.3. The number of nitrogens with one attached hydrogen (secondary N) is 1. The van der Waals surface area contributed by atoms with Gasteiger partial charge >= 0.3 is 0 Å². The summed E-state index contributed by atoms with van der Waals surface area (Å²) in [6.45, 7) is 8.70. The standard InChI is InChI=1S/C22H31NO6S/c1-7-28-19-11-9-16(13-21(19)29-8-2)22(15(3)4)23-30(24,25)17-10-12-18(26-5)20(14-17)27-6/h9-15,22-23H,7-8H2,1-6H3/t22-/m1/s1. The van der Waals surface area contributed by atoms with E-state index in [9.17, 15) is 8.42 Å². The first-order valence-corrected chi connectivity index (χ1v) is 11.4. The predicted molar refractivity (Wildman–Crippen MR) is 116 cm³/mol. The number of hydrogen-bond donors (Lipinski definition) is 1. The third-order valence-electron chi connectivity index (χ3n) is 4.54. The lowest BCUT2D eigenvalue weighted by atomic mass is 9.97. The van der Waals surface area contributed by atoms with E-state index in [2.05, 4.69) is 4.72 Å². The van der Waals surface area contributed by atoms with Crippen LogP contribution in [0.5, 0.6) is 23.0 Å². The van der Waals surface area contributed by atoms with Crippen LogP contribution in [0, 0.1) is 5.92 Å². The molecule has 0 unspecified atom stereocenters. The summed E-state index contributed by atoms with van der Waals surface area (Å²) < 4.78 is 50.8. The third kappa shape index (κ3) is 5.58. The topological polar surface area (TPSA) is 83.1 Å². The Morgan fingerprint density at radius 2 is 1.43 bits per heavy atom. The molecular formula is C22H31NO6S. The van der Waals surface area contributed by atoms with Gasteiger partial charge in [-0.15, -0.1) is 0 Å². The summed E-state index contributed by atoms with van der Waals surface area (Å²) >= 11 is 0. The van der Waals surface area contributed by atoms with Gasteiger partial charge in [0.1, 0.15) is 0 Å². The van der Waals surface area contributed by atoms with Crippen molar-refractivity contribution in [2.24, 2.45) is 5.92 Å². The predicted octanol–water partition coefficient (Wildman–Crippen LogP) is 4.18. The van der Waals surface area contributed by atoms with Gasteiger partial charge in [0.15, 0.2) is 23.0 Å². The van der Waals surface area contributed by atoms with Crippen LogP contribution in [0.3, 0.4) is 0 Å². The summed E-state index contributed by atoms with van der Waals surface area (Å²) in [5, 5.41) is 0. The molecule has 0 amide bonds. The van der Waals surface area contributed by atoms with Gasteiger partial charge in [-0.1, -0.05) is 19.9 Å². The lowest BCUT2D eigenvalue weighted by Gasteiger charge is -2.24. The first kappa shape index (κ1) is 23.8. The van der Waals surface area contributed by atoms with Crippen molar-refractivity contribution in [1.29, 1.82) is 0 Å². The molecule has 2 aromatic carbocycles. The van der Waals surface area contributed by atoms with Crippen molar-refractivity contribution in [2.45, 2.75) is 38.6 Å². The van der Waals surface area contributed by atoms with Crippen molar-refractivity contribution < 1.29 is 27.4 Å². The number of sulfonamides is 1. The zero-order valence-corrected chi connectivity index (χ0v) is 19.2. The lowest BCUT2D eigenvalue weighted by Crippen LogP contribution is -2.32. The Balaban J connectivity index is 2.40. The fraction of sp³-hybridized carbons (Fsp3) is 0.455. The van der Waals surface area contributed by atoms with Crippen molar-refractivity contribution in [2.75, 3.05) is 27.4 Å². The molecule has 2 rings (SSSR count). The highest BCUT2D eigenvalue weighted by Crippen LogP contribution is 2.34. The van der Waals surface area contributed by atoms with Crippen LogP contribution in [-0.4, -0.2) is 35.9 Å². The van der Waals surface area contributed by atoms with E-state index in [1.807, 2.05) is 45.9 Å². The van der Waals surface area contributed by atoms with Crippen molar-refractivity contribution in [3.63, 3.8) is 0 Å². The fourth-order valence-electron chi connectivity index (χ4n) is 3.07. The van der Waals surface area contributed by atoms with Crippen LogP contribution in [0.2, 0.25) is 0 Å². The SMILES string of the molecule is CCOc1ccc([C@H](NS(=O)(=O)c2ccc(OC)c(OC)c2)C(C)C)cc1OCC. The van der Waals surface area contributed by atoms with E-state index in [1.165, 1.54) is 26.4 Å². The number of ether oxygens (including phenoxy) is 4. The molecular weight excluding hydrogens is 406 g/mol. The molecule has 0 spiro atoms. The Labute approximate surface area is 179 Å². The van der Waals surface area contributed by atoms with Gasteiger partial charge in [0.05, 0.1) is 32.3 Å². The molecule has 0 fully saturated rings. The normalized spacial score (nSPS) is 12.5. The molecule has 166 valence electrons. The van der Waals surface area contributed by atoms with E-state index >= 15 is 0 Å². The minimum Gasteiger partial charge on any atom is -0.493 e. The minimum atomic E-state index is -3.81. The van der Waals surface area contributed by atoms with Crippen LogP contribution in [0.15, 0.2) is 41.3 Å². The summed E-state index contributed by atoms with van der Waals surface area (Å²) in [6, 6.07) is 9.54. The average molecular weight is 438 g/mol. The molecule has 0 aliphatic rings. The van der Waals surface area contributed by atoms with E-state index in [0.717, 1.165) is 5.56 Å². The minimum absolute atomic E-state index is 0.00709. The average Bonchev–Trinajstić information content (AvgIpc) is 2.73. The summed E-state index contributed by atoms with van der Waals surface area (Å²) in [6.07, 6.45) is 0. The zero-order valence-electron chi connectivity index (χ0n) is 18.4. The molecule has 8 heteroatoms. The Morgan fingerprint density at radius 3 is 2.00 bits per heavy atom. The molecule has 0 bridgehead atoms. The molecule has 2 aromatic rings. The van der Waals surface area contributed by atoms with E-state index in [4.69, 9.17) is 18.9 Å². The highest BCUT2D eigenvalue weighted by atomic mass is 32.2. The van der Waals surface area contributed by atoms with Crippen molar-refractivity contribution in [1.82, 2.24) is 4.72 Å². The molecule has 0 saturated heterocycles. The molecule has 7 nitrogen and oxygen atoms in total. The maximum Gasteiger partial charge on any atom is 0.241 e. The summed E-state index contributed by atoms with van der Waals surface area (Å²) in [5.74, 6) is 2.03. The molecule has 1 atom stereocenters. The third-order valence-corrected chi connectivity index (χ3v) is 5.98. The second-order valence-electron chi connectivity index (χ2n) is 6.93. The van der Waals surface area contributed by atoms with Crippen LogP contribution in [0.4, 0.5) is 0 Å². The lowest BCUT2D eigenvalue weighted by molar-refractivity contribution is 0.287. The number of rotatable bonds is 11. The zero-order chi connectivity index (χ0) is 22.3. The van der Waals surface area contributed by atoms with Crippen molar-refractivity contribution in [3.8, 4) is 23.0 Å². The molecule has 0 aliphatic heterocycles. The molecule has 1 N–H and O–H groups in total. The van der Waals surface area contributed by atoms with E-state index in [1.54, 1.807) is 6.07 Å². The van der Waals surface area contributed by atoms with Crippen molar-refractivity contribution >= 4 is 10.0 Å². The maximum atomic E-state index is 13.1. The van der Waals surface area contributed by atoms with Gasteiger partial charge < -0.3 is 18.9 Å². The first-order valence-electron chi connectivity index (χ1n) is 9.91. The van der Waals surface area contributed by atoms with Crippen LogP contribution in [0.25, 0.3) is 0 Å². The molecule has 0 saturated carbocycles. The molecule has 30 heavy (non-hydrogen) atoms. The highest BCUT2D eigenvalue weighted by Gasteiger charge is 2.26. The van der Waals surface area contributed by atoms with Gasteiger partial charge in [0.25, 0.3) is 0 Å². The molecule has 0 aromatic heterocycles. The van der Waals surface area contributed by atoms with E-state index in [0.29, 0.717) is 36.2 Å². The summed E-state index contributed by atoms with van der Waals surface area (Å²) in [4.78, 5) is 0.0989. The van der Waals surface area contributed by atoms with Crippen LogP contribution in [0.1, 0.15) is 39.3 Å². The molecule has 0 heterocycles. The van der Waals surface area contributed by atoms with Crippen molar-refractivity contribution in [3.05, 3.63) is 42.0 Å². The quantitative estimate of drug-likeness (QED) is 0.568. The van der Waals surface area contributed by atoms with Crippen LogP contribution < -0.4 is 23.7 Å². The number of hydrogen-bond acceptors (Lipinski definition) is 6. The van der Waals surface area contributed by atoms with Crippen LogP contribution >= 0.6 is 0 Å². The summed E-state index contributed by atoms with van der Waals surface area (Å²) in [5.41, 5.74) is 0.793. The number of benzene rings is 2. The highest BCUT2D eigenvalue weighted by molar-refractivity contribution is 7.89. The van der Waals surface area contributed by atoms with Gasteiger partial charge in [0.2, 0.25) is 10.0 Å². The van der Waals surface area contributed by atoms with E-state index < -0.39 is 16.1 Å². The van der Waals surface area contributed by atoms with Gasteiger partial charge in [0, 0.05) is 12.1 Å². The van der Waals surface area contributed by atoms with E-state index in [-0.39, 0.29) is 10.8 Å². The Bertz CT molecular complexity index is 943. The Hall–Kier alpha value is -2.45. The van der Waals surface area contributed by atoms with Gasteiger partial charge in [-0.25, -0.2) is 13.1 Å². The Morgan fingerprint density at radius 1 is 0.833 bits per heavy atom. The maximum absolute atomic E-state index is 13.1. The Kier molecular flexibility index (Phi) is 8.37. The second-order valence-corrected chi connectivity index (χ2v) is 8.65. The molecule has 0 aliphatic carbocycles. The van der Waals surface area contributed by atoms with Gasteiger partial charge in [-0.3, -0.25) is 0 Å². The number of methoxy groups -OCH3 is 2.